The van der Waals surface area contributed by atoms with Crippen LogP contribution in [0, 0.1) is 10.1 Å². The molecule has 0 aliphatic rings. The highest BCUT2D eigenvalue weighted by molar-refractivity contribution is 7.91. The summed E-state index contributed by atoms with van der Waals surface area (Å²) in [5.74, 6) is -0.703. The van der Waals surface area contributed by atoms with Crippen LogP contribution in [0.25, 0.3) is 0 Å². The number of non-ortho nitro benzene ring substituents is 1. The summed E-state index contributed by atoms with van der Waals surface area (Å²) >= 11 is 5.76. The number of nitro benzene ring substituents is 1. The molecule has 0 aliphatic heterocycles. The number of benzene rings is 2. The molecule has 0 spiro atoms. The van der Waals surface area contributed by atoms with Crippen molar-refractivity contribution in [2.24, 2.45) is 0 Å². The molecule has 7 nitrogen and oxygen atoms in total. The predicted octanol–water partition coefficient (Wildman–Crippen LogP) is 3.63. The minimum Gasteiger partial charge on any atom is -0.339 e. The Morgan fingerprint density at radius 2 is 1.85 bits per heavy atom. The SMILES string of the molecule is C[C@H](c1cccc([N+](=O)[O-])c1)N(C)C(=O)CCS(=O)(=O)c1ccc(Cl)cc1. The molecule has 27 heavy (non-hydrogen) atoms. The maximum atomic E-state index is 12.4. The van der Waals surface area contributed by atoms with Crippen molar-refractivity contribution < 1.29 is 18.1 Å². The van der Waals surface area contributed by atoms with E-state index in [1.54, 1.807) is 26.1 Å². The summed E-state index contributed by atoms with van der Waals surface area (Å²) in [6.07, 6.45) is -0.194. The van der Waals surface area contributed by atoms with E-state index in [1.165, 1.54) is 41.3 Å². The number of nitro groups is 1. The van der Waals surface area contributed by atoms with Crippen molar-refractivity contribution in [2.75, 3.05) is 12.8 Å². The lowest BCUT2D eigenvalue weighted by Crippen LogP contribution is -2.31. The molecule has 2 aromatic rings. The van der Waals surface area contributed by atoms with E-state index in [4.69, 9.17) is 11.6 Å². The average Bonchev–Trinajstić information content (AvgIpc) is 2.65. The first-order valence-corrected chi connectivity index (χ1v) is 10.1. The van der Waals surface area contributed by atoms with Crippen LogP contribution in [0.15, 0.2) is 53.4 Å². The van der Waals surface area contributed by atoms with E-state index in [-0.39, 0.29) is 28.7 Å². The molecule has 0 aromatic heterocycles. The van der Waals surface area contributed by atoms with E-state index in [0.717, 1.165) is 0 Å². The largest absolute Gasteiger partial charge is 0.339 e. The van der Waals surface area contributed by atoms with Crippen molar-refractivity contribution in [3.05, 3.63) is 69.2 Å². The molecule has 1 atom stereocenters. The highest BCUT2D eigenvalue weighted by Gasteiger charge is 2.22. The number of carbonyl (C=O) groups is 1. The van der Waals surface area contributed by atoms with Gasteiger partial charge in [0.05, 0.1) is 21.6 Å². The van der Waals surface area contributed by atoms with Crippen LogP contribution in [0.3, 0.4) is 0 Å². The van der Waals surface area contributed by atoms with Crippen molar-refractivity contribution in [1.29, 1.82) is 0 Å². The molecule has 0 N–H and O–H groups in total. The zero-order valence-electron chi connectivity index (χ0n) is 14.8. The molecule has 0 heterocycles. The Kier molecular flexibility index (Phi) is 6.56. The number of rotatable bonds is 7. The van der Waals surface area contributed by atoms with Crippen molar-refractivity contribution in [3.8, 4) is 0 Å². The van der Waals surface area contributed by atoms with Gasteiger partial charge in [0.1, 0.15) is 0 Å². The number of hydrogen-bond donors (Lipinski definition) is 0. The quantitative estimate of drug-likeness (QED) is 0.512. The van der Waals surface area contributed by atoms with Crippen LogP contribution >= 0.6 is 11.6 Å². The summed E-state index contributed by atoms with van der Waals surface area (Å²) in [6.45, 7) is 1.73. The van der Waals surface area contributed by atoms with Crippen LogP contribution in [0.4, 0.5) is 5.69 Å². The van der Waals surface area contributed by atoms with Gasteiger partial charge in [0.2, 0.25) is 5.91 Å². The highest BCUT2D eigenvalue weighted by atomic mass is 35.5. The van der Waals surface area contributed by atoms with Gasteiger partial charge in [0.25, 0.3) is 5.69 Å². The zero-order valence-corrected chi connectivity index (χ0v) is 16.4. The second kappa shape index (κ2) is 8.49. The van der Waals surface area contributed by atoms with Crippen LogP contribution in [0.2, 0.25) is 5.02 Å². The minimum absolute atomic E-state index is 0.0643. The van der Waals surface area contributed by atoms with Crippen molar-refractivity contribution in [3.63, 3.8) is 0 Å². The maximum Gasteiger partial charge on any atom is 0.269 e. The Morgan fingerprint density at radius 3 is 2.44 bits per heavy atom. The summed E-state index contributed by atoms with van der Waals surface area (Å²) in [5.41, 5.74) is 0.533. The Morgan fingerprint density at radius 1 is 1.22 bits per heavy atom. The van der Waals surface area contributed by atoms with Gasteiger partial charge in [0, 0.05) is 30.6 Å². The smallest absolute Gasteiger partial charge is 0.269 e. The van der Waals surface area contributed by atoms with E-state index < -0.39 is 20.8 Å². The molecule has 0 bridgehead atoms. The van der Waals surface area contributed by atoms with Gasteiger partial charge >= 0.3 is 0 Å². The molecule has 0 aliphatic carbocycles. The molecule has 0 fully saturated rings. The third-order valence-corrected chi connectivity index (χ3v) is 6.28. The number of sulfone groups is 1. The second-order valence-electron chi connectivity index (χ2n) is 6.06. The van der Waals surface area contributed by atoms with Crippen LogP contribution in [0.1, 0.15) is 24.9 Å². The highest BCUT2D eigenvalue weighted by Crippen LogP contribution is 2.24. The summed E-state index contributed by atoms with van der Waals surface area (Å²) in [6, 6.07) is 11.3. The number of halogens is 1. The van der Waals surface area contributed by atoms with Crippen LogP contribution in [0.5, 0.6) is 0 Å². The van der Waals surface area contributed by atoms with Crippen LogP contribution in [-0.2, 0) is 14.6 Å². The zero-order chi connectivity index (χ0) is 20.2. The van der Waals surface area contributed by atoms with Gasteiger partial charge in [-0.1, -0.05) is 23.7 Å². The number of amides is 1. The molecular weight excluding hydrogens is 392 g/mol. The summed E-state index contributed by atoms with van der Waals surface area (Å²) in [4.78, 5) is 24.3. The lowest BCUT2D eigenvalue weighted by molar-refractivity contribution is -0.384. The first-order valence-electron chi connectivity index (χ1n) is 8.10. The molecule has 9 heteroatoms. The number of carbonyl (C=O) groups excluding carboxylic acids is 1. The molecule has 0 unspecified atom stereocenters. The summed E-state index contributed by atoms with van der Waals surface area (Å²) in [5, 5.41) is 11.3. The van der Waals surface area contributed by atoms with Gasteiger partial charge in [-0.2, -0.15) is 0 Å². The second-order valence-corrected chi connectivity index (χ2v) is 8.60. The van der Waals surface area contributed by atoms with Gasteiger partial charge < -0.3 is 4.90 Å². The van der Waals surface area contributed by atoms with Gasteiger partial charge in [0.15, 0.2) is 9.84 Å². The molecule has 2 rings (SSSR count). The molecule has 2 aromatic carbocycles. The normalized spacial score (nSPS) is 12.4. The van der Waals surface area contributed by atoms with Gasteiger partial charge in [-0.25, -0.2) is 8.42 Å². The van der Waals surface area contributed by atoms with Gasteiger partial charge in [-0.3, -0.25) is 14.9 Å². The summed E-state index contributed by atoms with van der Waals surface area (Å²) < 4.78 is 24.7. The van der Waals surface area contributed by atoms with E-state index in [1.807, 2.05) is 0 Å². The van der Waals surface area contributed by atoms with Crippen LogP contribution in [-0.4, -0.2) is 36.9 Å². The molecule has 1 amide bonds. The lowest BCUT2D eigenvalue weighted by Gasteiger charge is -2.25. The fourth-order valence-electron chi connectivity index (χ4n) is 2.50. The Hall–Kier alpha value is -2.45. The lowest BCUT2D eigenvalue weighted by atomic mass is 10.1. The van der Waals surface area contributed by atoms with Gasteiger partial charge in [-0.15, -0.1) is 0 Å². The third kappa shape index (κ3) is 5.27. The maximum absolute atomic E-state index is 12.4. The molecule has 144 valence electrons. The van der Waals surface area contributed by atoms with Crippen LogP contribution < -0.4 is 0 Å². The Labute approximate surface area is 162 Å². The molecular formula is C18H19ClN2O5S. The predicted molar refractivity (Wildman–Crippen MR) is 102 cm³/mol. The van der Waals surface area contributed by atoms with E-state index in [0.29, 0.717) is 10.6 Å². The standard InChI is InChI=1S/C18H19ClN2O5S/c1-13(14-4-3-5-16(12-14)21(23)24)20(2)18(22)10-11-27(25,26)17-8-6-15(19)7-9-17/h3-9,12-13H,10-11H2,1-2H3/t13-/m1/s1. The average molecular weight is 411 g/mol. The van der Waals surface area contributed by atoms with E-state index in [2.05, 4.69) is 0 Å². The number of hydrogen-bond acceptors (Lipinski definition) is 5. The van der Waals surface area contributed by atoms with Crippen molar-refractivity contribution >= 4 is 33.0 Å². The molecule has 0 saturated heterocycles. The van der Waals surface area contributed by atoms with Crippen molar-refractivity contribution in [1.82, 2.24) is 4.90 Å². The third-order valence-electron chi connectivity index (χ3n) is 4.30. The minimum atomic E-state index is -3.61. The monoisotopic (exact) mass is 410 g/mol. The first kappa shape index (κ1) is 20.9. The van der Waals surface area contributed by atoms with Gasteiger partial charge in [-0.05, 0) is 36.8 Å². The molecule has 0 saturated carbocycles. The van der Waals surface area contributed by atoms with E-state index in [9.17, 15) is 23.3 Å². The Bertz CT molecular complexity index is 944. The van der Waals surface area contributed by atoms with Crippen molar-refractivity contribution in [2.45, 2.75) is 24.3 Å². The number of nitrogens with zero attached hydrogens (tertiary/aromatic N) is 2. The fraction of sp³-hybridized carbons (Fsp3) is 0.278. The topological polar surface area (TPSA) is 97.6 Å². The summed E-state index contributed by atoms with van der Waals surface area (Å²) in [7, 11) is -2.07. The van der Waals surface area contributed by atoms with E-state index >= 15 is 0 Å². The first-order chi connectivity index (χ1) is 12.6. The fourth-order valence-corrected chi connectivity index (χ4v) is 3.85. The Balaban J connectivity index is 2.05. The molecule has 0 radical (unpaired) electrons.